The van der Waals surface area contributed by atoms with Gasteiger partial charge in [0, 0.05) is 12.6 Å². The van der Waals surface area contributed by atoms with Crippen molar-refractivity contribution in [3.05, 3.63) is 29.8 Å². The van der Waals surface area contributed by atoms with E-state index in [1.165, 1.54) is 0 Å². The zero-order valence-electron chi connectivity index (χ0n) is 9.85. The van der Waals surface area contributed by atoms with Crippen molar-refractivity contribution in [2.45, 2.75) is 13.0 Å². The van der Waals surface area contributed by atoms with Crippen LogP contribution in [0.3, 0.4) is 0 Å². The summed E-state index contributed by atoms with van der Waals surface area (Å²) in [5.41, 5.74) is 6.01. The predicted octanol–water partition coefficient (Wildman–Crippen LogP) is 0.545. The molecule has 1 rings (SSSR count). The Hall–Kier alpha value is -1.59. The van der Waals surface area contributed by atoms with Crippen molar-refractivity contribution in [2.24, 2.45) is 5.73 Å². The van der Waals surface area contributed by atoms with E-state index in [4.69, 9.17) is 15.6 Å². The number of hydrogen-bond donors (Lipinski definition) is 3. The molecular formula is C12H18N2O3. The summed E-state index contributed by atoms with van der Waals surface area (Å²) >= 11 is 0. The standard InChI is InChI=1S/C12H18N2O3/c1-9(10-2-4-11(15)5-3-10)14-6-7-17-8-12(13)16/h2-5,9,14-15H,6-8H2,1H3,(H2,13,16). The molecule has 5 heteroatoms. The largest absolute Gasteiger partial charge is 0.508 e. The minimum absolute atomic E-state index is 0.0464. The maximum atomic E-state index is 10.4. The molecule has 0 heterocycles. The average Bonchev–Trinajstić information content (AvgIpc) is 2.29. The number of hydrogen-bond acceptors (Lipinski definition) is 4. The van der Waals surface area contributed by atoms with E-state index in [1.807, 2.05) is 19.1 Å². The van der Waals surface area contributed by atoms with Crippen LogP contribution in [-0.2, 0) is 9.53 Å². The van der Waals surface area contributed by atoms with E-state index < -0.39 is 5.91 Å². The summed E-state index contributed by atoms with van der Waals surface area (Å²) in [6, 6.07) is 7.18. The molecule has 0 saturated carbocycles. The van der Waals surface area contributed by atoms with Crippen LogP contribution in [0, 0.1) is 0 Å². The van der Waals surface area contributed by atoms with Crippen LogP contribution in [-0.4, -0.2) is 30.8 Å². The Morgan fingerprint density at radius 3 is 2.71 bits per heavy atom. The molecule has 17 heavy (non-hydrogen) atoms. The van der Waals surface area contributed by atoms with Gasteiger partial charge in [-0.2, -0.15) is 0 Å². The maximum absolute atomic E-state index is 10.4. The number of phenols is 1. The lowest BCUT2D eigenvalue weighted by Crippen LogP contribution is -2.25. The van der Waals surface area contributed by atoms with E-state index in [0.717, 1.165) is 5.56 Å². The molecule has 1 unspecified atom stereocenters. The molecule has 1 atom stereocenters. The number of rotatable bonds is 7. The number of nitrogens with two attached hydrogens (primary N) is 1. The lowest BCUT2D eigenvalue weighted by Gasteiger charge is -2.14. The lowest BCUT2D eigenvalue weighted by molar-refractivity contribution is -0.122. The topological polar surface area (TPSA) is 84.6 Å². The number of aromatic hydroxyl groups is 1. The Balaban J connectivity index is 2.23. The second-order valence-corrected chi connectivity index (χ2v) is 3.79. The quantitative estimate of drug-likeness (QED) is 0.605. The van der Waals surface area contributed by atoms with E-state index in [0.29, 0.717) is 13.2 Å². The summed E-state index contributed by atoms with van der Waals surface area (Å²) in [6.07, 6.45) is 0. The molecule has 0 aliphatic heterocycles. The zero-order chi connectivity index (χ0) is 12.7. The molecule has 94 valence electrons. The lowest BCUT2D eigenvalue weighted by atomic mass is 10.1. The summed E-state index contributed by atoms with van der Waals surface area (Å²) in [5, 5.41) is 12.4. The molecule has 4 N–H and O–H groups in total. The first-order valence-corrected chi connectivity index (χ1v) is 5.48. The molecule has 1 amide bonds. The number of ether oxygens (including phenoxy) is 1. The number of amides is 1. The molecule has 0 fully saturated rings. The van der Waals surface area contributed by atoms with Gasteiger partial charge < -0.3 is 20.9 Å². The summed E-state index contributed by atoms with van der Waals surface area (Å²) in [4.78, 5) is 10.4. The number of phenolic OH excluding ortho intramolecular Hbond substituents is 1. The van der Waals surface area contributed by atoms with Crippen molar-refractivity contribution in [3.63, 3.8) is 0 Å². The van der Waals surface area contributed by atoms with Crippen molar-refractivity contribution in [2.75, 3.05) is 19.8 Å². The highest BCUT2D eigenvalue weighted by Crippen LogP contribution is 2.15. The molecule has 5 nitrogen and oxygen atoms in total. The Kier molecular flexibility index (Phi) is 5.45. The monoisotopic (exact) mass is 238 g/mol. The van der Waals surface area contributed by atoms with Gasteiger partial charge in [0.25, 0.3) is 0 Å². The molecule has 0 bridgehead atoms. The van der Waals surface area contributed by atoms with E-state index in [1.54, 1.807) is 12.1 Å². The Morgan fingerprint density at radius 2 is 2.12 bits per heavy atom. The highest BCUT2D eigenvalue weighted by Gasteiger charge is 2.04. The normalized spacial score (nSPS) is 12.3. The fourth-order valence-corrected chi connectivity index (χ4v) is 1.40. The molecule has 0 spiro atoms. The van der Waals surface area contributed by atoms with Gasteiger partial charge in [-0.25, -0.2) is 0 Å². The number of benzene rings is 1. The molecule has 0 aromatic heterocycles. The molecule has 0 saturated heterocycles. The molecule has 1 aromatic carbocycles. The first kappa shape index (κ1) is 13.5. The number of nitrogens with one attached hydrogen (secondary N) is 1. The van der Waals surface area contributed by atoms with Gasteiger partial charge in [0.05, 0.1) is 6.61 Å². The maximum Gasteiger partial charge on any atom is 0.243 e. The van der Waals surface area contributed by atoms with Crippen LogP contribution in [0.15, 0.2) is 24.3 Å². The van der Waals surface area contributed by atoms with Crippen LogP contribution >= 0.6 is 0 Å². The van der Waals surface area contributed by atoms with Gasteiger partial charge in [-0.3, -0.25) is 4.79 Å². The minimum atomic E-state index is -0.461. The number of carbonyl (C=O) groups is 1. The summed E-state index contributed by atoms with van der Waals surface area (Å²) in [6.45, 7) is 3.04. The third-order valence-corrected chi connectivity index (χ3v) is 2.33. The summed E-state index contributed by atoms with van der Waals surface area (Å²) < 4.78 is 5.02. The average molecular weight is 238 g/mol. The van der Waals surface area contributed by atoms with Gasteiger partial charge >= 0.3 is 0 Å². The predicted molar refractivity (Wildman–Crippen MR) is 64.5 cm³/mol. The van der Waals surface area contributed by atoms with Crippen molar-refractivity contribution in [3.8, 4) is 5.75 Å². The Bertz CT molecular complexity index is 351. The molecule has 0 aliphatic rings. The number of primary amides is 1. The summed E-state index contributed by atoms with van der Waals surface area (Å²) in [5.74, 6) is -0.206. The van der Waals surface area contributed by atoms with Crippen molar-refractivity contribution < 1.29 is 14.6 Å². The third-order valence-electron chi connectivity index (χ3n) is 2.33. The molecular weight excluding hydrogens is 220 g/mol. The Morgan fingerprint density at radius 1 is 1.47 bits per heavy atom. The van der Waals surface area contributed by atoms with E-state index >= 15 is 0 Å². The number of carbonyl (C=O) groups excluding carboxylic acids is 1. The van der Waals surface area contributed by atoms with Gasteiger partial charge in [-0.05, 0) is 24.6 Å². The minimum Gasteiger partial charge on any atom is -0.508 e. The second-order valence-electron chi connectivity index (χ2n) is 3.79. The molecule has 1 aromatic rings. The van der Waals surface area contributed by atoms with Gasteiger partial charge in [-0.15, -0.1) is 0 Å². The summed E-state index contributed by atoms with van der Waals surface area (Å²) in [7, 11) is 0. The second kappa shape index (κ2) is 6.88. The third kappa shape index (κ3) is 5.33. The van der Waals surface area contributed by atoms with Crippen molar-refractivity contribution >= 4 is 5.91 Å². The smallest absolute Gasteiger partial charge is 0.243 e. The molecule has 0 aliphatic carbocycles. The van der Waals surface area contributed by atoms with Crippen LogP contribution in [0.25, 0.3) is 0 Å². The van der Waals surface area contributed by atoms with Crippen LogP contribution in [0.1, 0.15) is 18.5 Å². The van der Waals surface area contributed by atoms with Crippen LogP contribution in [0.4, 0.5) is 0 Å². The highest BCUT2D eigenvalue weighted by atomic mass is 16.5. The van der Waals surface area contributed by atoms with E-state index in [9.17, 15) is 4.79 Å². The Labute approximate surface area is 101 Å². The van der Waals surface area contributed by atoms with Crippen LogP contribution in [0.5, 0.6) is 5.75 Å². The first-order chi connectivity index (χ1) is 8.09. The van der Waals surface area contributed by atoms with Crippen LogP contribution in [0.2, 0.25) is 0 Å². The van der Waals surface area contributed by atoms with Gasteiger partial charge in [0.1, 0.15) is 12.4 Å². The van der Waals surface area contributed by atoms with Crippen LogP contribution < -0.4 is 11.1 Å². The van der Waals surface area contributed by atoms with Crippen molar-refractivity contribution in [1.29, 1.82) is 0 Å². The fourth-order valence-electron chi connectivity index (χ4n) is 1.40. The highest BCUT2D eigenvalue weighted by molar-refractivity contribution is 5.74. The van der Waals surface area contributed by atoms with E-state index in [2.05, 4.69) is 5.32 Å². The molecule has 0 radical (unpaired) electrons. The van der Waals surface area contributed by atoms with Gasteiger partial charge in [-0.1, -0.05) is 12.1 Å². The van der Waals surface area contributed by atoms with Gasteiger partial charge in [0.2, 0.25) is 5.91 Å². The van der Waals surface area contributed by atoms with Gasteiger partial charge in [0.15, 0.2) is 0 Å². The van der Waals surface area contributed by atoms with E-state index in [-0.39, 0.29) is 18.4 Å². The fraction of sp³-hybridized carbons (Fsp3) is 0.417. The van der Waals surface area contributed by atoms with Crippen molar-refractivity contribution in [1.82, 2.24) is 5.32 Å². The first-order valence-electron chi connectivity index (χ1n) is 5.48. The SMILES string of the molecule is CC(NCCOCC(N)=O)c1ccc(O)cc1. The zero-order valence-corrected chi connectivity index (χ0v) is 9.85.